The lowest BCUT2D eigenvalue weighted by molar-refractivity contribution is -0.122. The first kappa shape index (κ1) is 17.3. The topological polar surface area (TPSA) is 62.3 Å². The van der Waals surface area contributed by atoms with Gasteiger partial charge in [-0.25, -0.2) is 0 Å². The van der Waals surface area contributed by atoms with Gasteiger partial charge in [0.1, 0.15) is 4.32 Å². The first-order chi connectivity index (χ1) is 12.1. The molecular weight excluding hydrogens is 354 g/mol. The van der Waals surface area contributed by atoms with E-state index in [-0.39, 0.29) is 24.8 Å². The Kier molecular flexibility index (Phi) is 5.57. The summed E-state index contributed by atoms with van der Waals surface area (Å²) in [6, 6.07) is 13.1. The highest BCUT2D eigenvalue weighted by Gasteiger charge is 2.32. The second-order valence-corrected chi connectivity index (χ2v) is 6.96. The summed E-state index contributed by atoms with van der Waals surface area (Å²) in [5.41, 5.74) is 1.57. The third-order valence-corrected chi connectivity index (χ3v) is 4.86. The van der Waals surface area contributed by atoms with E-state index in [1.54, 1.807) is 24.5 Å². The normalized spacial score (nSPS) is 15.7. The number of pyridine rings is 1. The average molecular weight is 369 g/mol. The van der Waals surface area contributed by atoms with Crippen LogP contribution < -0.4 is 5.32 Å². The van der Waals surface area contributed by atoms with E-state index in [0.717, 1.165) is 5.56 Å². The first-order valence-electron chi connectivity index (χ1n) is 7.64. The summed E-state index contributed by atoms with van der Waals surface area (Å²) in [6.07, 6.45) is 5.18. The van der Waals surface area contributed by atoms with Crippen molar-refractivity contribution in [1.82, 2.24) is 9.88 Å². The number of thioether (sulfide) groups is 1. The highest BCUT2D eigenvalue weighted by atomic mass is 32.2. The molecule has 2 aromatic rings. The van der Waals surface area contributed by atoms with Gasteiger partial charge in [0.25, 0.3) is 5.91 Å². The number of anilines is 1. The molecule has 2 heterocycles. The molecule has 1 fully saturated rings. The Balaban J connectivity index is 1.59. The number of nitrogens with zero attached hydrogens (tertiary/aromatic N) is 2. The van der Waals surface area contributed by atoms with Crippen LogP contribution in [0.4, 0.5) is 5.69 Å². The van der Waals surface area contributed by atoms with Crippen LogP contribution in [0.1, 0.15) is 12.0 Å². The molecule has 1 aliphatic heterocycles. The molecule has 7 heteroatoms. The average Bonchev–Trinajstić information content (AvgIpc) is 2.88. The van der Waals surface area contributed by atoms with Crippen molar-refractivity contribution in [2.24, 2.45) is 0 Å². The summed E-state index contributed by atoms with van der Waals surface area (Å²) in [7, 11) is 0. The predicted octanol–water partition coefficient (Wildman–Crippen LogP) is 3.31. The molecule has 1 aromatic heterocycles. The van der Waals surface area contributed by atoms with Gasteiger partial charge in [-0.1, -0.05) is 54.3 Å². The summed E-state index contributed by atoms with van der Waals surface area (Å²) >= 11 is 6.54. The molecule has 0 aliphatic carbocycles. The fourth-order valence-electron chi connectivity index (χ4n) is 2.27. The fourth-order valence-corrected chi connectivity index (χ4v) is 3.58. The molecule has 3 rings (SSSR count). The number of carbonyl (C=O) groups is 2. The van der Waals surface area contributed by atoms with Gasteiger partial charge in [-0.05, 0) is 23.8 Å². The van der Waals surface area contributed by atoms with Gasteiger partial charge in [-0.3, -0.25) is 19.5 Å². The number of hydrogen-bond donors (Lipinski definition) is 1. The fraction of sp³-hybridized carbons (Fsp3) is 0.111. The molecule has 0 unspecified atom stereocenters. The van der Waals surface area contributed by atoms with Crippen molar-refractivity contribution in [3.63, 3.8) is 0 Å². The maximum absolute atomic E-state index is 12.5. The van der Waals surface area contributed by atoms with Gasteiger partial charge in [-0.2, -0.15) is 0 Å². The van der Waals surface area contributed by atoms with Gasteiger partial charge in [-0.15, -0.1) is 0 Å². The number of amides is 2. The van der Waals surface area contributed by atoms with Gasteiger partial charge in [0.2, 0.25) is 5.91 Å². The number of aromatic nitrogens is 1. The van der Waals surface area contributed by atoms with Crippen LogP contribution in [-0.2, 0) is 9.59 Å². The summed E-state index contributed by atoms with van der Waals surface area (Å²) in [6.45, 7) is 0.253. The molecule has 0 atom stereocenters. The first-order valence-corrected chi connectivity index (χ1v) is 8.86. The van der Waals surface area contributed by atoms with Crippen molar-refractivity contribution < 1.29 is 9.59 Å². The van der Waals surface area contributed by atoms with Crippen LogP contribution in [0.5, 0.6) is 0 Å². The maximum Gasteiger partial charge on any atom is 0.266 e. The van der Waals surface area contributed by atoms with Crippen molar-refractivity contribution in [2.75, 3.05) is 11.9 Å². The molecule has 0 spiro atoms. The zero-order valence-corrected chi connectivity index (χ0v) is 14.8. The summed E-state index contributed by atoms with van der Waals surface area (Å²) in [5.74, 6) is -0.345. The van der Waals surface area contributed by atoms with Gasteiger partial charge >= 0.3 is 0 Å². The SMILES string of the molecule is O=C(CCN1C(=O)/C(=C\c2ccccc2)SC1=S)Nc1cccnc1. The Morgan fingerprint density at radius 1 is 1.24 bits per heavy atom. The van der Waals surface area contributed by atoms with Crippen LogP contribution in [0.3, 0.4) is 0 Å². The lowest BCUT2D eigenvalue weighted by atomic mass is 10.2. The van der Waals surface area contributed by atoms with Crippen molar-refractivity contribution in [3.8, 4) is 0 Å². The van der Waals surface area contributed by atoms with E-state index >= 15 is 0 Å². The smallest absolute Gasteiger partial charge is 0.266 e. The van der Waals surface area contributed by atoms with Crippen LogP contribution in [0, 0.1) is 0 Å². The van der Waals surface area contributed by atoms with E-state index < -0.39 is 0 Å². The molecule has 2 amide bonds. The number of thiocarbonyl (C=S) groups is 1. The third-order valence-electron chi connectivity index (χ3n) is 3.48. The second kappa shape index (κ2) is 8.04. The molecule has 126 valence electrons. The molecule has 0 saturated carbocycles. The van der Waals surface area contributed by atoms with Crippen LogP contribution in [0.15, 0.2) is 59.8 Å². The monoisotopic (exact) mass is 369 g/mol. The van der Waals surface area contributed by atoms with E-state index in [0.29, 0.717) is 14.9 Å². The molecule has 1 aromatic carbocycles. The van der Waals surface area contributed by atoms with Crippen molar-refractivity contribution in [3.05, 3.63) is 65.3 Å². The summed E-state index contributed by atoms with van der Waals surface area (Å²) < 4.78 is 0.473. The molecule has 1 N–H and O–H groups in total. The molecule has 0 bridgehead atoms. The highest BCUT2D eigenvalue weighted by molar-refractivity contribution is 8.26. The van der Waals surface area contributed by atoms with Crippen molar-refractivity contribution in [2.45, 2.75) is 6.42 Å². The number of carbonyl (C=O) groups excluding carboxylic acids is 2. The molecule has 5 nitrogen and oxygen atoms in total. The van der Waals surface area contributed by atoms with Crippen LogP contribution in [0.2, 0.25) is 0 Å². The van der Waals surface area contributed by atoms with Crippen LogP contribution in [0.25, 0.3) is 6.08 Å². The van der Waals surface area contributed by atoms with E-state index in [2.05, 4.69) is 10.3 Å². The number of benzene rings is 1. The second-order valence-electron chi connectivity index (χ2n) is 5.28. The van der Waals surface area contributed by atoms with E-state index in [4.69, 9.17) is 12.2 Å². The van der Waals surface area contributed by atoms with Gasteiger partial charge in [0, 0.05) is 19.2 Å². The lowest BCUT2D eigenvalue weighted by Crippen LogP contribution is -2.31. The lowest BCUT2D eigenvalue weighted by Gasteiger charge is -2.14. The zero-order valence-electron chi connectivity index (χ0n) is 13.2. The van der Waals surface area contributed by atoms with E-state index in [1.807, 2.05) is 36.4 Å². The Morgan fingerprint density at radius 3 is 2.76 bits per heavy atom. The highest BCUT2D eigenvalue weighted by Crippen LogP contribution is 2.32. The van der Waals surface area contributed by atoms with E-state index in [1.165, 1.54) is 16.7 Å². The minimum absolute atomic E-state index is 0.159. The van der Waals surface area contributed by atoms with Gasteiger partial charge in [0.05, 0.1) is 16.8 Å². The Morgan fingerprint density at radius 2 is 2.04 bits per heavy atom. The largest absolute Gasteiger partial charge is 0.325 e. The quantitative estimate of drug-likeness (QED) is 0.647. The Labute approximate surface area is 155 Å². The van der Waals surface area contributed by atoms with Gasteiger partial charge < -0.3 is 5.32 Å². The minimum Gasteiger partial charge on any atom is -0.325 e. The van der Waals surface area contributed by atoms with Crippen molar-refractivity contribution >= 4 is 51.9 Å². The maximum atomic E-state index is 12.5. The van der Waals surface area contributed by atoms with E-state index in [9.17, 15) is 9.59 Å². The molecule has 25 heavy (non-hydrogen) atoms. The van der Waals surface area contributed by atoms with Gasteiger partial charge in [0.15, 0.2) is 0 Å². The summed E-state index contributed by atoms with van der Waals surface area (Å²) in [5, 5.41) is 2.74. The van der Waals surface area contributed by atoms with Crippen molar-refractivity contribution in [1.29, 1.82) is 0 Å². The van der Waals surface area contributed by atoms with Crippen LogP contribution >= 0.6 is 24.0 Å². The predicted molar refractivity (Wildman–Crippen MR) is 104 cm³/mol. The number of hydrogen-bond acceptors (Lipinski definition) is 5. The molecule has 1 saturated heterocycles. The molecule has 1 aliphatic rings. The van der Waals surface area contributed by atoms with Crippen LogP contribution in [-0.4, -0.2) is 32.6 Å². The summed E-state index contributed by atoms with van der Waals surface area (Å²) in [4.78, 5) is 30.5. The zero-order chi connectivity index (χ0) is 17.6. The molecule has 0 radical (unpaired) electrons. The third kappa shape index (κ3) is 4.52. The number of nitrogens with one attached hydrogen (secondary N) is 1. The minimum atomic E-state index is -0.186. The Hall–Kier alpha value is -2.51. The molecular formula is C18H15N3O2S2. The number of rotatable bonds is 5. The Bertz CT molecular complexity index is 823. The standard InChI is InChI=1S/C18H15N3O2S2/c22-16(20-14-7-4-9-19-12-14)8-10-21-17(23)15(25-18(21)24)11-13-5-2-1-3-6-13/h1-7,9,11-12H,8,10H2,(H,20,22)/b15-11+.